The number of thioether (sulfide) groups is 1. The standard InChI is InChI=1S/C9H9N3O3S/c10-9(11)16-8-7(13)12(14)5-3-1-2-4-6(5)15-8/h1-4,8,14H,(H3,10,11)/p+1. The number of nitrogens with zero attached hydrogens (tertiary/aromatic N) is 1. The van der Waals surface area contributed by atoms with E-state index < -0.39 is 11.3 Å². The lowest BCUT2D eigenvalue weighted by molar-refractivity contribution is -0.128. The largest absolute Gasteiger partial charge is 0.467 e. The maximum atomic E-state index is 11.6. The highest BCUT2D eigenvalue weighted by Crippen LogP contribution is 2.34. The van der Waals surface area contributed by atoms with E-state index >= 15 is 0 Å². The molecule has 0 fully saturated rings. The van der Waals surface area contributed by atoms with Crippen molar-refractivity contribution in [2.24, 2.45) is 5.73 Å². The lowest BCUT2D eigenvalue weighted by Gasteiger charge is -2.28. The third-order valence-corrected chi connectivity index (χ3v) is 2.77. The molecular weight excluding hydrogens is 230 g/mol. The number of nitrogens with two attached hydrogens (primary N) is 2. The molecule has 0 saturated heterocycles. The van der Waals surface area contributed by atoms with E-state index in [1.54, 1.807) is 24.3 Å². The van der Waals surface area contributed by atoms with E-state index in [0.29, 0.717) is 16.5 Å². The molecular formula is C9H10N3O3S+. The van der Waals surface area contributed by atoms with Gasteiger partial charge in [-0.2, -0.15) is 5.06 Å². The van der Waals surface area contributed by atoms with E-state index in [9.17, 15) is 10.0 Å². The minimum atomic E-state index is -0.954. The number of para-hydroxylation sites is 2. The van der Waals surface area contributed by atoms with Crippen LogP contribution in [0.4, 0.5) is 5.69 Å². The Kier molecular flexibility index (Phi) is 2.71. The number of anilines is 1. The maximum absolute atomic E-state index is 11.6. The van der Waals surface area contributed by atoms with Gasteiger partial charge in [0.15, 0.2) is 0 Å². The van der Waals surface area contributed by atoms with Gasteiger partial charge in [0.1, 0.15) is 11.4 Å². The molecule has 1 aliphatic heterocycles. The first-order valence-electron chi connectivity index (χ1n) is 4.42. The molecule has 1 aliphatic rings. The number of hydrogen-bond donors (Lipinski definition) is 3. The van der Waals surface area contributed by atoms with Gasteiger partial charge in [0, 0.05) is 11.8 Å². The molecule has 7 heteroatoms. The zero-order valence-corrected chi connectivity index (χ0v) is 8.98. The van der Waals surface area contributed by atoms with E-state index in [0.717, 1.165) is 11.8 Å². The van der Waals surface area contributed by atoms with Gasteiger partial charge < -0.3 is 4.74 Å². The summed E-state index contributed by atoms with van der Waals surface area (Å²) < 4.78 is 5.36. The summed E-state index contributed by atoms with van der Waals surface area (Å²) in [7, 11) is 0. The van der Waals surface area contributed by atoms with Gasteiger partial charge >= 0.3 is 11.1 Å². The van der Waals surface area contributed by atoms with E-state index in [1.807, 2.05) is 0 Å². The molecule has 1 aromatic rings. The second-order valence-corrected chi connectivity index (χ2v) is 4.22. The summed E-state index contributed by atoms with van der Waals surface area (Å²) in [5.74, 6) is -0.208. The quantitative estimate of drug-likeness (QED) is 0.330. The van der Waals surface area contributed by atoms with Crippen molar-refractivity contribution in [1.82, 2.24) is 0 Å². The summed E-state index contributed by atoms with van der Waals surface area (Å²) in [6.07, 6.45) is 0. The van der Waals surface area contributed by atoms with Crippen LogP contribution in [0, 0.1) is 0 Å². The fourth-order valence-corrected chi connectivity index (χ4v) is 1.91. The highest BCUT2D eigenvalue weighted by atomic mass is 32.2. The first-order valence-corrected chi connectivity index (χ1v) is 5.30. The SMILES string of the molecule is NC(=[NH2+])SC1Oc2ccccc2N(O)C1=O. The molecule has 1 amide bonds. The molecule has 0 saturated carbocycles. The summed E-state index contributed by atoms with van der Waals surface area (Å²) in [4.78, 5) is 11.6. The number of carbonyl (C=O) groups excluding carboxylic acids is 1. The number of hydrogen-bond acceptors (Lipinski definition) is 4. The van der Waals surface area contributed by atoms with Gasteiger partial charge in [0.2, 0.25) is 5.44 Å². The summed E-state index contributed by atoms with van der Waals surface area (Å²) in [6.45, 7) is 0. The van der Waals surface area contributed by atoms with Gasteiger partial charge in [-0.05, 0) is 12.1 Å². The van der Waals surface area contributed by atoms with Crippen LogP contribution < -0.4 is 20.9 Å². The zero-order valence-electron chi connectivity index (χ0n) is 8.16. The fourth-order valence-electron chi connectivity index (χ4n) is 1.31. The van der Waals surface area contributed by atoms with Gasteiger partial charge in [0.05, 0.1) is 0 Å². The van der Waals surface area contributed by atoms with Gasteiger partial charge in [-0.1, -0.05) is 12.1 Å². The molecule has 84 valence electrons. The van der Waals surface area contributed by atoms with Crippen molar-refractivity contribution < 1.29 is 20.1 Å². The van der Waals surface area contributed by atoms with Crippen LogP contribution in [-0.4, -0.2) is 21.7 Å². The minimum absolute atomic E-state index is 0.00568. The number of benzene rings is 1. The van der Waals surface area contributed by atoms with Crippen LogP contribution in [0.2, 0.25) is 0 Å². The zero-order chi connectivity index (χ0) is 11.7. The Bertz CT molecular complexity index is 451. The van der Waals surface area contributed by atoms with Gasteiger partial charge in [-0.3, -0.25) is 21.1 Å². The average molecular weight is 240 g/mol. The average Bonchev–Trinajstić information content (AvgIpc) is 2.25. The Morgan fingerprint density at radius 1 is 1.56 bits per heavy atom. The predicted molar refractivity (Wildman–Crippen MR) is 58.8 cm³/mol. The van der Waals surface area contributed by atoms with Crippen LogP contribution in [0.3, 0.4) is 0 Å². The molecule has 0 aliphatic carbocycles. The fraction of sp³-hybridized carbons (Fsp3) is 0.111. The normalized spacial score (nSPS) is 18.9. The van der Waals surface area contributed by atoms with E-state index in [1.165, 1.54) is 0 Å². The molecule has 2 rings (SSSR count). The number of carbonyl (C=O) groups is 1. The third-order valence-electron chi connectivity index (χ3n) is 1.98. The third kappa shape index (κ3) is 1.82. The van der Waals surface area contributed by atoms with Crippen LogP contribution in [-0.2, 0) is 4.79 Å². The Balaban J connectivity index is 2.32. The summed E-state index contributed by atoms with van der Waals surface area (Å²) in [6, 6.07) is 6.64. The molecule has 16 heavy (non-hydrogen) atoms. The first kappa shape index (κ1) is 10.8. The molecule has 0 aromatic heterocycles. The summed E-state index contributed by atoms with van der Waals surface area (Å²) in [5, 5.41) is 15.4. The molecule has 1 atom stereocenters. The van der Waals surface area contributed by atoms with E-state index in [-0.39, 0.29) is 5.17 Å². The van der Waals surface area contributed by atoms with Crippen LogP contribution in [0.25, 0.3) is 0 Å². The van der Waals surface area contributed by atoms with Gasteiger partial charge in [-0.25, -0.2) is 0 Å². The van der Waals surface area contributed by atoms with E-state index in [4.69, 9.17) is 15.9 Å². The number of fused-ring (bicyclic) bond motifs is 1. The highest BCUT2D eigenvalue weighted by Gasteiger charge is 2.35. The molecule has 0 bridgehead atoms. The Hall–Kier alpha value is -1.73. The lowest BCUT2D eigenvalue weighted by Crippen LogP contribution is -2.49. The number of ether oxygens (including phenoxy) is 1. The maximum Gasteiger partial charge on any atom is 0.303 e. The van der Waals surface area contributed by atoms with Gasteiger partial charge in [0.25, 0.3) is 0 Å². The minimum Gasteiger partial charge on any atom is -0.467 e. The smallest absolute Gasteiger partial charge is 0.303 e. The second-order valence-electron chi connectivity index (χ2n) is 3.09. The number of rotatable bonds is 1. The monoisotopic (exact) mass is 240 g/mol. The number of amidine groups is 1. The lowest BCUT2D eigenvalue weighted by atomic mass is 10.2. The van der Waals surface area contributed by atoms with E-state index in [2.05, 4.69) is 0 Å². The van der Waals surface area contributed by atoms with Crippen LogP contribution in [0.15, 0.2) is 24.3 Å². The number of hydroxylamine groups is 1. The molecule has 1 unspecified atom stereocenters. The van der Waals surface area contributed by atoms with Crippen molar-refractivity contribution in [1.29, 1.82) is 0 Å². The first-order chi connectivity index (χ1) is 7.59. The van der Waals surface area contributed by atoms with Crippen LogP contribution in [0.1, 0.15) is 0 Å². The predicted octanol–water partition coefficient (Wildman–Crippen LogP) is -1.07. The Labute approximate surface area is 95.5 Å². The van der Waals surface area contributed by atoms with Crippen molar-refractivity contribution in [2.45, 2.75) is 5.44 Å². The molecule has 6 nitrogen and oxygen atoms in total. The van der Waals surface area contributed by atoms with Crippen molar-refractivity contribution in [3.63, 3.8) is 0 Å². The molecule has 0 radical (unpaired) electrons. The second kappa shape index (κ2) is 4.03. The summed E-state index contributed by atoms with van der Waals surface area (Å²) >= 11 is 0.850. The van der Waals surface area contributed by atoms with Crippen molar-refractivity contribution in [3.05, 3.63) is 24.3 Å². The summed E-state index contributed by atoms with van der Waals surface area (Å²) in [5.41, 5.74) is 4.63. The molecule has 5 N–H and O–H groups in total. The Morgan fingerprint density at radius 3 is 2.94 bits per heavy atom. The van der Waals surface area contributed by atoms with Gasteiger partial charge in [-0.15, -0.1) is 0 Å². The number of amides is 1. The Morgan fingerprint density at radius 2 is 2.25 bits per heavy atom. The molecule has 1 heterocycles. The molecule has 0 spiro atoms. The van der Waals surface area contributed by atoms with Crippen LogP contribution >= 0.6 is 11.8 Å². The van der Waals surface area contributed by atoms with Crippen molar-refractivity contribution >= 4 is 28.5 Å². The highest BCUT2D eigenvalue weighted by molar-refractivity contribution is 8.14. The van der Waals surface area contributed by atoms with Crippen molar-refractivity contribution in [2.75, 3.05) is 5.06 Å². The molecule has 1 aromatic carbocycles. The van der Waals surface area contributed by atoms with Crippen molar-refractivity contribution in [3.8, 4) is 5.75 Å². The topological polar surface area (TPSA) is 101 Å². The van der Waals surface area contributed by atoms with Crippen LogP contribution in [0.5, 0.6) is 5.75 Å².